The van der Waals surface area contributed by atoms with Gasteiger partial charge < -0.3 is 14.1 Å². The SMILES string of the molecule is Cc1cc(C)c2cc(C(=O)O[C@@H](C)c3nnc(-c4cccs4)o3)[nH]c2c1. The van der Waals surface area contributed by atoms with E-state index in [-0.39, 0.29) is 5.89 Å². The van der Waals surface area contributed by atoms with Crippen LogP contribution in [0.25, 0.3) is 21.7 Å². The average molecular weight is 367 g/mol. The number of H-pyrrole nitrogens is 1. The second-order valence-electron chi connectivity index (χ2n) is 6.20. The molecule has 4 rings (SSSR count). The van der Waals surface area contributed by atoms with Gasteiger partial charge in [0.2, 0.25) is 0 Å². The lowest BCUT2D eigenvalue weighted by Crippen LogP contribution is -2.09. The minimum absolute atomic E-state index is 0.268. The summed E-state index contributed by atoms with van der Waals surface area (Å²) in [5.41, 5.74) is 3.57. The standard InChI is InChI=1S/C19H17N3O3S/c1-10-7-11(2)13-9-15(20-14(13)8-10)19(23)24-12(3)17-21-22-18(25-17)16-5-4-6-26-16/h4-9,12,20H,1-3H3/t12-/m0/s1. The van der Waals surface area contributed by atoms with Crippen molar-refractivity contribution in [3.05, 3.63) is 58.4 Å². The van der Waals surface area contributed by atoms with Crippen molar-refractivity contribution in [2.45, 2.75) is 26.9 Å². The number of aromatic amines is 1. The highest BCUT2D eigenvalue weighted by Gasteiger charge is 2.21. The number of aryl methyl sites for hydroxylation is 2. The highest BCUT2D eigenvalue weighted by atomic mass is 32.1. The molecule has 7 heteroatoms. The first-order chi connectivity index (χ1) is 12.5. The van der Waals surface area contributed by atoms with E-state index < -0.39 is 12.1 Å². The van der Waals surface area contributed by atoms with Crippen molar-refractivity contribution >= 4 is 28.2 Å². The highest BCUT2D eigenvalue weighted by molar-refractivity contribution is 7.13. The molecule has 4 aromatic rings. The van der Waals surface area contributed by atoms with Crippen LogP contribution in [0.3, 0.4) is 0 Å². The van der Waals surface area contributed by atoms with Gasteiger partial charge in [0.15, 0.2) is 6.10 Å². The Morgan fingerprint density at radius 2 is 2.12 bits per heavy atom. The number of rotatable bonds is 4. The van der Waals surface area contributed by atoms with E-state index in [0.29, 0.717) is 11.6 Å². The molecule has 26 heavy (non-hydrogen) atoms. The van der Waals surface area contributed by atoms with Crippen LogP contribution in [0.2, 0.25) is 0 Å². The molecule has 3 aromatic heterocycles. The minimum Gasteiger partial charge on any atom is -0.448 e. The number of benzene rings is 1. The summed E-state index contributed by atoms with van der Waals surface area (Å²) in [6.07, 6.45) is -0.641. The molecule has 0 aliphatic carbocycles. The number of nitrogens with one attached hydrogen (secondary N) is 1. The van der Waals surface area contributed by atoms with Gasteiger partial charge in [-0.15, -0.1) is 21.5 Å². The molecule has 1 N–H and O–H groups in total. The summed E-state index contributed by atoms with van der Waals surface area (Å²) in [6.45, 7) is 5.75. The van der Waals surface area contributed by atoms with Crippen molar-refractivity contribution in [2.24, 2.45) is 0 Å². The van der Waals surface area contributed by atoms with Crippen LogP contribution in [-0.4, -0.2) is 21.2 Å². The Morgan fingerprint density at radius 3 is 2.88 bits per heavy atom. The van der Waals surface area contributed by atoms with Gasteiger partial charge in [0, 0.05) is 10.9 Å². The summed E-state index contributed by atoms with van der Waals surface area (Å²) in [5.74, 6) is 0.237. The molecular weight excluding hydrogens is 350 g/mol. The lowest BCUT2D eigenvalue weighted by Gasteiger charge is -2.07. The summed E-state index contributed by atoms with van der Waals surface area (Å²) in [6, 6.07) is 9.71. The van der Waals surface area contributed by atoms with Gasteiger partial charge in [-0.25, -0.2) is 4.79 Å². The first kappa shape index (κ1) is 16.5. The molecular formula is C19H17N3O3S. The smallest absolute Gasteiger partial charge is 0.355 e. The third-order valence-electron chi connectivity index (χ3n) is 4.11. The normalized spacial score (nSPS) is 12.4. The van der Waals surface area contributed by atoms with Gasteiger partial charge >= 0.3 is 5.97 Å². The molecule has 0 saturated carbocycles. The molecule has 6 nitrogen and oxygen atoms in total. The van der Waals surface area contributed by atoms with E-state index in [0.717, 1.165) is 26.9 Å². The van der Waals surface area contributed by atoms with E-state index in [9.17, 15) is 4.79 Å². The van der Waals surface area contributed by atoms with E-state index in [4.69, 9.17) is 9.15 Å². The maximum absolute atomic E-state index is 12.5. The number of esters is 1. The average Bonchev–Trinajstić information content (AvgIpc) is 3.33. The van der Waals surface area contributed by atoms with Crippen LogP contribution in [-0.2, 0) is 4.74 Å². The second kappa shape index (κ2) is 6.42. The largest absolute Gasteiger partial charge is 0.448 e. The summed E-state index contributed by atoms with van der Waals surface area (Å²) >= 11 is 1.51. The molecule has 0 bridgehead atoms. The zero-order valence-corrected chi connectivity index (χ0v) is 15.4. The summed E-state index contributed by atoms with van der Waals surface area (Å²) in [5, 5.41) is 10.9. The molecule has 3 heterocycles. The maximum Gasteiger partial charge on any atom is 0.355 e. The number of hydrogen-bond acceptors (Lipinski definition) is 6. The van der Waals surface area contributed by atoms with Gasteiger partial charge in [-0.3, -0.25) is 0 Å². The van der Waals surface area contributed by atoms with Gasteiger partial charge in [0.1, 0.15) is 5.69 Å². The Morgan fingerprint density at radius 1 is 1.27 bits per heavy atom. The molecule has 132 valence electrons. The topological polar surface area (TPSA) is 81.0 Å². The molecule has 0 radical (unpaired) electrons. The molecule has 0 amide bonds. The van der Waals surface area contributed by atoms with Crippen molar-refractivity contribution in [2.75, 3.05) is 0 Å². The minimum atomic E-state index is -0.641. The Kier molecular flexibility index (Phi) is 4.08. The predicted molar refractivity (Wildman–Crippen MR) is 99.2 cm³/mol. The Bertz CT molecular complexity index is 1080. The first-order valence-corrected chi connectivity index (χ1v) is 9.07. The number of aromatic nitrogens is 3. The van der Waals surface area contributed by atoms with Crippen LogP contribution in [0.15, 0.2) is 40.1 Å². The number of nitrogens with zero attached hydrogens (tertiary/aromatic N) is 2. The molecule has 0 fully saturated rings. The van der Waals surface area contributed by atoms with Crippen LogP contribution in [0.4, 0.5) is 0 Å². The third kappa shape index (κ3) is 3.01. The molecule has 0 saturated heterocycles. The Labute approximate surface area is 153 Å². The number of carbonyl (C=O) groups excluding carboxylic acids is 1. The van der Waals surface area contributed by atoms with Crippen LogP contribution in [0.1, 0.15) is 40.5 Å². The molecule has 0 unspecified atom stereocenters. The zero-order chi connectivity index (χ0) is 18.3. The van der Waals surface area contributed by atoms with Gasteiger partial charge in [-0.2, -0.15) is 0 Å². The monoisotopic (exact) mass is 367 g/mol. The molecule has 1 aromatic carbocycles. The lowest BCUT2D eigenvalue weighted by molar-refractivity contribution is 0.0274. The summed E-state index contributed by atoms with van der Waals surface area (Å²) in [7, 11) is 0. The quantitative estimate of drug-likeness (QED) is 0.523. The van der Waals surface area contributed by atoms with E-state index in [1.165, 1.54) is 11.3 Å². The first-order valence-electron chi connectivity index (χ1n) is 8.19. The molecule has 0 aliphatic heterocycles. The van der Waals surface area contributed by atoms with E-state index in [2.05, 4.69) is 21.2 Å². The van der Waals surface area contributed by atoms with Gasteiger partial charge in [0.05, 0.1) is 4.88 Å². The van der Waals surface area contributed by atoms with Crippen molar-refractivity contribution in [3.63, 3.8) is 0 Å². The van der Waals surface area contributed by atoms with Crippen LogP contribution >= 0.6 is 11.3 Å². The highest BCUT2D eigenvalue weighted by Crippen LogP contribution is 2.27. The number of fused-ring (bicyclic) bond motifs is 1. The van der Waals surface area contributed by atoms with Gasteiger partial charge in [0.25, 0.3) is 11.8 Å². The summed E-state index contributed by atoms with van der Waals surface area (Å²) < 4.78 is 11.1. The molecule has 0 spiro atoms. The van der Waals surface area contributed by atoms with E-state index >= 15 is 0 Å². The van der Waals surface area contributed by atoms with Crippen LogP contribution in [0, 0.1) is 13.8 Å². The van der Waals surface area contributed by atoms with E-state index in [1.54, 1.807) is 6.92 Å². The van der Waals surface area contributed by atoms with E-state index in [1.807, 2.05) is 43.5 Å². The van der Waals surface area contributed by atoms with Gasteiger partial charge in [-0.05, 0) is 55.5 Å². The van der Waals surface area contributed by atoms with Crippen molar-refractivity contribution < 1.29 is 13.9 Å². The fraction of sp³-hybridized carbons (Fsp3) is 0.211. The lowest BCUT2D eigenvalue weighted by atomic mass is 10.1. The molecule has 0 aliphatic rings. The Hall–Kier alpha value is -2.93. The molecule has 1 atom stereocenters. The maximum atomic E-state index is 12.5. The van der Waals surface area contributed by atoms with Crippen molar-refractivity contribution in [3.8, 4) is 10.8 Å². The third-order valence-corrected chi connectivity index (χ3v) is 4.97. The fourth-order valence-electron chi connectivity index (χ4n) is 2.88. The zero-order valence-electron chi connectivity index (χ0n) is 14.6. The number of thiophene rings is 1. The number of carbonyl (C=O) groups is 1. The van der Waals surface area contributed by atoms with Crippen molar-refractivity contribution in [1.82, 2.24) is 15.2 Å². The number of hydrogen-bond donors (Lipinski definition) is 1. The second-order valence-corrected chi connectivity index (χ2v) is 7.14. The predicted octanol–water partition coefficient (Wildman–Crippen LogP) is 4.81. The van der Waals surface area contributed by atoms with Gasteiger partial charge in [-0.1, -0.05) is 12.1 Å². The van der Waals surface area contributed by atoms with Crippen molar-refractivity contribution in [1.29, 1.82) is 0 Å². The number of ether oxygens (including phenoxy) is 1. The fourth-order valence-corrected chi connectivity index (χ4v) is 3.53. The van der Waals surface area contributed by atoms with Crippen LogP contribution < -0.4 is 0 Å². The summed E-state index contributed by atoms with van der Waals surface area (Å²) in [4.78, 5) is 16.5. The Balaban J connectivity index is 1.53. The van der Waals surface area contributed by atoms with Crippen LogP contribution in [0.5, 0.6) is 0 Å².